The Labute approximate surface area is 147 Å². The number of aliphatic hydroxyl groups excluding tert-OH is 1. The maximum absolute atomic E-state index is 10.6. The molecule has 0 saturated heterocycles. The molecule has 0 bridgehead atoms. The van der Waals surface area contributed by atoms with Crippen LogP contribution in [-0.4, -0.2) is 20.8 Å². The van der Waals surface area contributed by atoms with E-state index in [1.807, 2.05) is 6.07 Å². The molecule has 0 atom stereocenters. The van der Waals surface area contributed by atoms with Gasteiger partial charge in [-0.1, -0.05) is 24.3 Å². The molecule has 0 spiro atoms. The quantitative estimate of drug-likeness (QED) is 0.233. The number of nitro benzene ring substituents is 1. The molecule has 6 nitrogen and oxygen atoms in total. The van der Waals surface area contributed by atoms with Crippen molar-refractivity contribution in [3.8, 4) is 11.3 Å². The first-order chi connectivity index (χ1) is 10.4. The Bertz CT molecular complexity index is 683. The number of aliphatic hydroxyl groups is 1. The number of aromatic nitrogens is 1. The topological polar surface area (TPSA) is 93.3 Å². The average molecular weight is 492 g/mol. The van der Waals surface area contributed by atoms with Crippen LogP contribution in [0.3, 0.4) is 0 Å². The van der Waals surface area contributed by atoms with E-state index in [2.05, 4.69) is 11.1 Å². The number of carbonyl (C=O) groups is 1. The zero-order valence-electron chi connectivity index (χ0n) is 12.5. The molecule has 0 saturated carbocycles. The second kappa shape index (κ2) is 10.4. The van der Waals surface area contributed by atoms with Gasteiger partial charge in [0.15, 0.2) is 11.5 Å². The molecule has 1 aromatic heterocycles. The Hall–Kier alpha value is -2.37. The molecule has 0 aliphatic carbocycles. The number of nitro groups is 1. The van der Waals surface area contributed by atoms with E-state index in [0.717, 1.165) is 0 Å². The van der Waals surface area contributed by atoms with Gasteiger partial charge in [-0.25, -0.2) is 0 Å². The Morgan fingerprint density at radius 1 is 1.35 bits per heavy atom. The van der Waals surface area contributed by atoms with Gasteiger partial charge in [0.25, 0.3) is 0 Å². The zero-order chi connectivity index (χ0) is 16.5. The van der Waals surface area contributed by atoms with Gasteiger partial charge < -0.3 is 10.1 Å². The van der Waals surface area contributed by atoms with Crippen molar-refractivity contribution in [3.63, 3.8) is 0 Å². The summed E-state index contributed by atoms with van der Waals surface area (Å²) in [6.07, 6.45) is 2.81. The van der Waals surface area contributed by atoms with E-state index < -0.39 is 4.92 Å². The van der Waals surface area contributed by atoms with Crippen LogP contribution in [0.15, 0.2) is 54.4 Å². The number of benzene rings is 1. The van der Waals surface area contributed by atoms with Gasteiger partial charge in [-0.05, 0) is 25.6 Å². The van der Waals surface area contributed by atoms with Crippen LogP contribution >= 0.6 is 0 Å². The summed E-state index contributed by atoms with van der Waals surface area (Å²) in [4.78, 5) is 24.2. The number of pyridine rings is 1. The molecule has 0 aliphatic rings. The minimum atomic E-state index is -0.430. The summed E-state index contributed by atoms with van der Waals surface area (Å²) in [5.41, 5.74) is 1.36. The summed E-state index contributed by atoms with van der Waals surface area (Å²) >= 11 is 0. The van der Waals surface area contributed by atoms with Gasteiger partial charge in [0, 0.05) is 37.3 Å². The first-order valence-electron chi connectivity index (χ1n) is 6.35. The Morgan fingerprint density at radius 2 is 2.04 bits per heavy atom. The maximum atomic E-state index is 10.6. The van der Waals surface area contributed by atoms with Crippen molar-refractivity contribution in [2.75, 3.05) is 0 Å². The number of carbonyl (C=O) groups excluding carboxylic acids is 1. The van der Waals surface area contributed by atoms with Crippen molar-refractivity contribution >= 4 is 11.5 Å². The van der Waals surface area contributed by atoms with Crippen LogP contribution in [0.5, 0.6) is 0 Å². The second-order valence-electron chi connectivity index (χ2n) is 4.33. The van der Waals surface area contributed by atoms with Gasteiger partial charge in [-0.15, -0.1) is 17.7 Å². The van der Waals surface area contributed by atoms with Crippen molar-refractivity contribution in [1.29, 1.82) is 0 Å². The number of non-ortho nitro benzene ring substituents is 1. The molecular formula is C16H15IrN2O4-. The van der Waals surface area contributed by atoms with Crippen LogP contribution in [0.2, 0.25) is 0 Å². The van der Waals surface area contributed by atoms with Crippen molar-refractivity contribution in [1.82, 2.24) is 4.98 Å². The van der Waals surface area contributed by atoms with E-state index in [-0.39, 0.29) is 37.3 Å². The molecule has 0 amide bonds. The maximum Gasteiger partial charge on any atom is 0.192 e. The third-order valence-electron chi connectivity index (χ3n) is 2.35. The molecule has 1 heterocycles. The third-order valence-corrected chi connectivity index (χ3v) is 2.35. The van der Waals surface area contributed by atoms with Crippen molar-refractivity contribution in [2.45, 2.75) is 13.8 Å². The van der Waals surface area contributed by atoms with E-state index in [0.29, 0.717) is 11.3 Å². The van der Waals surface area contributed by atoms with Crippen LogP contribution in [-0.2, 0) is 24.9 Å². The van der Waals surface area contributed by atoms with E-state index in [9.17, 15) is 14.9 Å². The third kappa shape index (κ3) is 7.99. The molecular weight excluding hydrogens is 476 g/mol. The first kappa shape index (κ1) is 20.6. The van der Waals surface area contributed by atoms with E-state index in [1.54, 1.807) is 18.3 Å². The molecule has 123 valence electrons. The molecule has 1 N–H and O–H groups in total. The number of allylic oxidation sites excluding steroid dienone is 2. The average Bonchev–Trinajstić information content (AvgIpc) is 2.47. The van der Waals surface area contributed by atoms with Gasteiger partial charge in [0.1, 0.15) is 0 Å². The van der Waals surface area contributed by atoms with Gasteiger partial charge in [-0.2, -0.15) is 0 Å². The molecule has 0 aliphatic heterocycles. The Balaban J connectivity index is 0.000000522. The summed E-state index contributed by atoms with van der Waals surface area (Å²) in [7, 11) is 0. The standard InChI is InChI=1S/C11H7N2O2.C5H8O2.Ir/c14-13(15)10-5-3-4-9(8-10)11-6-1-2-7-12-11;1-4(6)3-5(2)7;/h1-3,5-8H;3,6H,1-2H3;/q-1;;/b;4-3-;. The molecule has 2 aromatic rings. The fraction of sp³-hybridized carbons (Fsp3) is 0.125. The van der Waals surface area contributed by atoms with Gasteiger partial charge in [0.2, 0.25) is 0 Å². The summed E-state index contributed by atoms with van der Waals surface area (Å²) < 4.78 is 0. The molecule has 0 fully saturated rings. The molecule has 1 radical (unpaired) electrons. The number of rotatable bonds is 3. The normalized spacial score (nSPS) is 9.91. The van der Waals surface area contributed by atoms with Gasteiger partial charge in [0.05, 0.1) is 5.76 Å². The fourth-order valence-electron chi connectivity index (χ4n) is 1.53. The number of ketones is 1. The van der Waals surface area contributed by atoms with E-state index in [1.165, 1.54) is 38.1 Å². The summed E-state index contributed by atoms with van der Waals surface area (Å²) in [5.74, 6) is -0.0625. The van der Waals surface area contributed by atoms with Crippen LogP contribution in [0.4, 0.5) is 5.69 Å². The molecule has 7 heteroatoms. The van der Waals surface area contributed by atoms with Crippen LogP contribution in [0, 0.1) is 16.2 Å². The number of nitrogens with zero attached hydrogens (tertiary/aromatic N) is 2. The van der Waals surface area contributed by atoms with Crippen LogP contribution in [0.25, 0.3) is 11.3 Å². The smallest absolute Gasteiger partial charge is 0.192 e. The van der Waals surface area contributed by atoms with Crippen molar-refractivity contribution in [3.05, 3.63) is 70.6 Å². The molecule has 1 aromatic carbocycles. The Morgan fingerprint density at radius 3 is 2.48 bits per heavy atom. The van der Waals surface area contributed by atoms with Crippen molar-refractivity contribution < 1.29 is 34.9 Å². The SMILES string of the molecule is CC(=O)/C=C(/C)O.O=[N+]([O-])c1cc[c-]c(-c2ccccn2)c1.[Ir]. The Kier molecular flexibility index (Phi) is 9.30. The molecule has 0 unspecified atom stereocenters. The van der Waals surface area contributed by atoms with Crippen LogP contribution in [0.1, 0.15) is 13.8 Å². The predicted octanol–water partition coefficient (Wildman–Crippen LogP) is 3.49. The summed E-state index contributed by atoms with van der Waals surface area (Å²) in [6, 6.07) is 12.7. The van der Waals surface area contributed by atoms with Crippen molar-refractivity contribution in [2.24, 2.45) is 0 Å². The van der Waals surface area contributed by atoms with Gasteiger partial charge in [-0.3, -0.25) is 14.9 Å². The first-order valence-corrected chi connectivity index (χ1v) is 6.35. The number of hydrogen-bond acceptors (Lipinski definition) is 5. The van der Waals surface area contributed by atoms with E-state index in [4.69, 9.17) is 5.11 Å². The summed E-state index contributed by atoms with van der Waals surface area (Å²) in [5, 5.41) is 18.9. The minimum absolute atomic E-state index is 0. The monoisotopic (exact) mass is 492 g/mol. The summed E-state index contributed by atoms with van der Waals surface area (Å²) in [6.45, 7) is 2.85. The molecule has 23 heavy (non-hydrogen) atoms. The predicted molar refractivity (Wildman–Crippen MR) is 82.2 cm³/mol. The molecule has 2 rings (SSSR count). The minimum Gasteiger partial charge on any atom is -0.512 e. The largest absolute Gasteiger partial charge is 0.512 e. The van der Waals surface area contributed by atoms with Crippen LogP contribution < -0.4 is 0 Å². The second-order valence-corrected chi connectivity index (χ2v) is 4.33. The number of hydrogen-bond donors (Lipinski definition) is 1. The van der Waals surface area contributed by atoms with Gasteiger partial charge >= 0.3 is 0 Å². The fourth-order valence-corrected chi connectivity index (χ4v) is 1.53. The van der Waals surface area contributed by atoms with E-state index >= 15 is 0 Å². The zero-order valence-corrected chi connectivity index (χ0v) is 14.9.